The maximum atomic E-state index is 13.8. The smallest absolute Gasteiger partial charge is 0.235 e. The molecule has 3 aromatic carbocycles. The molecular weight excluding hydrogens is 382 g/mol. The number of amides is 1. The Morgan fingerprint density at radius 3 is 2.32 bits per heavy atom. The maximum Gasteiger partial charge on any atom is 0.235 e. The summed E-state index contributed by atoms with van der Waals surface area (Å²) in [6.07, 6.45) is 6.27. The van der Waals surface area contributed by atoms with Crippen LogP contribution < -0.4 is 10.1 Å². The molecule has 4 rings (SSSR count). The number of ether oxygens (including phenoxy) is 1. The van der Waals surface area contributed by atoms with Crippen molar-refractivity contribution in [1.29, 1.82) is 0 Å². The maximum absolute atomic E-state index is 13.8. The lowest BCUT2D eigenvalue weighted by Crippen LogP contribution is -2.42. The van der Waals surface area contributed by atoms with E-state index in [0.717, 1.165) is 59.9 Å². The number of carbonyl (C=O) groups excluding carboxylic acids is 1. The van der Waals surface area contributed by atoms with E-state index >= 15 is 0 Å². The van der Waals surface area contributed by atoms with Gasteiger partial charge in [-0.3, -0.25) is 4.79 Å². The lowest BCUT2D eigenvalue weighted by molar-refractivity contribution is -0.122. The van der Waals surface area contributed by atoms with Crippen molar-refractivity contribution in [2.24, 2.45) is 0 Å². The Bertz CT molecular complexity index is 1050. The minimum atomic E-state index is -0.459. The zero-order chi connectivity index (χ0) is 21.8. The van der Waals surface area contributed by atoms with Crippen LogP contribution in [0, 0.1) is 6.92 Å². The van der Waals surface area contributed by atoms with Crippen LogP contribution in [0.15, 0.2) is 60.7 Å². The van der Waals surface area contributed by atoms with E-state index in [9.17, 15) is 4.79 Å². The SMILES string of the molecule is CCC(C)Oc1ccc(NC(=O)C2(c3ccc(C)cc3)CCCCC2)c2ccccc12. The molecule has 0 aliphatic heterocycles. The van der Waals surface area contributed by atoms with E-state index in [1.165, 1.54) is 12.0 Å². The molecule has 1 saturated carbocycles. The number of hydrogen-bond acceptors (Lipinski definition) is 2. The van der Waals surface area contributed by atoms with E-state index in [4.69, 9.17) is 4.74 Å². The van der Waals surface area contributed by atoms with Crippen molar-refractivity contribution in [3.63, 3.8) is 0 Å². The molecule has 3 aromatic rings. The lowest BCUT2D eigenvalue weighted by atomic mass is 9.68. The van der Waals surface area contributed by atoms with E-state index in [1.54, 1.807) is 0 Å². The summed E-state index contributed by atoms with van der Waals surface area (Å²) in [6, 6.07) is 20.7. The van der Waals surface area contributed by atoms with Gasteiger partial charge >= 0.3 is 0 Å². The second kappa shape index (κ2) is 9.13. The lowest BCUT2D eigenvalue weighted by Gasteiger charge is -2.36. The highest BCUT2D eigenvalue weighted by atomic mass is 16.5. The average Bonchev–Trinajstić information content (AvgIpc) is 2.81. The number of nitrogens with one attached hydrogen (secondary N) is 1. The highest BCUT2D eigenvalue weighted by molar-refractivity contribution is 6.07. The summed E-state index contributed by atoms with van der Waals surface area (Å²) < 4.78 is 6.14. The van der Waals surface area contributed by atoms with E-state index in [2.05, 4.69) is 62.5 Å². The topological polar surface area (TPSA) is 38.3 Å². The summed E-state index contributed by atoms with van der Waals surface area (Å²) in [5.74, 6) is 0.977. The summed E-state index contributed by atoms with van der Waals surface area (Å²) in [5.41, 5.74) is 2.75. The number of carbonyl (C=O) groups is 1. The normalized spacial score (nSPS) is 16.6. The van der Waals surface area contributed by atoms with Crippen LogP contribution in [0.2, 0.25) is 0 Å². The van der Waals surface area contributed by atoms with Crippen molar-refractivity contribution >= 4 is 22.4 Å². The molecule has 1 aliphatic carbocycles. The van der Waals surface area contributed by atoms with Crippen LogP contribution in [0.25, 0.3) is 10.8 Å². The second-order valence-corrected chi connectivity index (χ2v) is 8.96. The van der Waals surface area contributed by atoms with Gasteiger partial charge in [0.25, 0.3) is 0 Å². The molecule has 3 nitrogen and oxygen atoms in total. The molecule has 0 saturated heterocycles. The molecule has 31 heavy (non-hydrogen) atoms. The van der Waals surface area contributed by atoms with Gasteiger partial charge in [0.1, 0.15) is 5.75 Å². The fourth-order valence-electron chi connectivity index (χ4n) is 4.70. The molecule has 1 N–H and O–H groups in total. The predicted octanol–water partition coefficient (Wildman–Crippen LogP) is 7.17. The molecule has 1 amide bonds. The third-order valence-electron chi connectivity index (χ3n) is 6.78. The number of anilines is 1. The standard InChI is InChI=1S/C28H33NO2/c1-4-21(3)31-26-17-16-25(23-10-6-7-11-24(23)26)29-27(30)28(18-8-5-9-19-28)22-14-12-20(2)13-15-22/h6-7,10-17,21H,4-5,8-9,18-19H2,1-3H3,(H,29,30). The van der Waals surface area contributed by atoms with Crippen LogP contribution >= 0.6 is 0 Å². The van der Waals surface area contributed by atoms with Crippen molar-refractivity contribution < 1.29 is 9.53 Å². The number of rotatable bonds is 6. The number of fused-ring (bicyclic) bond motifs is 1. The van der Waals surface area contributed by atoms with Gasteiger partial charge in [-0.1, -0.05) is 80.3 Å². The number of hydrogen-bond donors (Lipinski definition) is 1. The van der Waals surface area contributed by atoms with Gasteiger partial charge in [-0.15, -0.1) is 0 Å². The van der Waals surface area contributed by atoms with Crippen molar-refractivity contribution in [2.75, 3.05) is 5.32 Å². The van der Waals surface area contributed by atoms with Crippen LogP contribution in [0.5, 0.6) is 5.75 Å². The van der Waals surface area contributed by atoms with E-state index < -0.39 is 5.41 Å². The Kier molecular flexibility index (Phi) is 6.31. The summed E-state index contributed by atoms with van der Waals surface area (Å²) >= 11 is 0. The predicted molar refractivity (Wildman–Crippen MR) is 129 cm³/mol. The molecule has 0 radical (unpaired) electrons. The summed E-state index contributed by atoms with van der Waals surface area (Å²) in [7, 11) is 0. The third-order valence-corrected chi connectivity index (χ3v) is 6.78. The van der Waals surface area contributed by atoms with E-state index in [0.29, 0.717) is 0 Å². The first-order valence-electron chi connectivity index (χ1n) is 11.6. The van der Waals surface area contributed by atoms with Crippen LogP contribution in [-0.4, -0.2) is 12.0 Å². The van der Waals surface area contributed by atoms with Crippen LogP contribution in [0.4, 0.5) is 5.69 Å². The minimum absolute atomic E-state index is 0.108. The molecule has 1 aliphatic rings. The quantitative estimate of drug-likeness (QED) is 0.463. The summed E-state index contributed by atoms with van der Waals surface area (Å²) in [5, 5.41) is 5.36. The van der Waals surface area contributed by atoms with Gasteiger partial charge in [-0.2, -0.15) is 0 Å². The Hall–Kier alpha value is -2.81. The molecule has 1 unspecified atom stereocenters. The van der Waals surface area contributed by atoms with Crippen LogP contribution in [0.1, 0.15) is 63.5 Å². The Balaban J connectivity index is 1.69. The zero-order valence-corrected chi connectivity index (χ0v) is 18.9. The van der Waals surface area contributed by atoms with Gasteiger partial charge in [0, 0.05) is 16.5 Å². The van der Waals surface area contributed by atoms with Gasteiger partial charge in [0.15, 0.2) is 0 Å². The molecule has 0 aromatic heterocycles. The minimum Gasteiger partial charge on any atom is -0.490 e. The summed E-state index contributed by atoms with van der Waals surface area (Å²) in [4.78, 5) is 13.8. The van der Waals surface area contributed by atoms with Gasteiger partial charge in [0.05, 0.1) is 11.5 Å². The molecule has 0 heterocycles. The van der Waals surface area contributed by atoms with Gasteiger partial charge in [0.2, 0.25) is 5.91 Å². The van der Waals surface area contributed by atoms with Gasteiger partial charge in [-0.25, -0.2) is 0 Å². The van der Waals surface area contributed by atoms with E-state index in [1.807, 2.05) is 24.3 Å². The molecule has 1 atom stereocenters. The number of benzene rings is 3. The van der Waals surface area contributed by atoms with Gasteiger partial charge in [-0.05, 0) is 50.8 Å². The number of aryl methyl sites for hydroxylation is 1. The second-order valence-electron chi connectivity index (χ2n) is 8.96. The van der Waals surface area contributed by atoms with Gasteiger partial charge < -0.3 is 10.1 Å². The Labute approximate surface area is 185 Å². The van der Waals surface area contributed by atoms with Crippen molar-refractivity contribution in [1.82, 2.24) is 0 Å². The Morgan fingerprint density at radius 1 is 0.968 bits per heavy atom. The first-order chi connectivity index (χ1) is 15.0. The first kappa shape index (κ1) is 21.4. The first-order valence-corrected chi connectivity index (χ1v) is 11.6. The van der Waals surface area contributed by atoms with Crippen molar-refractivity contribution in [2.45, 2.75) is 70.8 Å². The third kappa shape index (κ3) is 4.32. The van der Waals surface area contributed by atoms with E-state index in [-0.39, 0.29) is 12.0 Å². The zero-order valence-electron chi connectivity index (χ0n) is 18.9. The molecule has 162 valence electrons. The monoisotopic (exact) mass is 415 g/mol. The van der Waals surface area contributed by atoms with Crippen molar-refractivity contribution in [3.05, 3.63) is 71.8 Å². The Morgan fingerprint density at radius 2 is 1.65 bits per heavy atom. The molecule has 3 heteroatoms. The highest BCUT2D eigenvalue weighted by Crippen LogP contribution is 2.41. The average molecular weight is 416 g/mol. The highest BCUT2D eigenvalue weighted by Gasteiger charge is 2.41. The van der Waals surface area contributed by atoms with Crippen LogP contribution in [-0.2, 0) is 10.2 Å². The van der Waals surface area contributed by atoms with Crippen LogP contribution in [0.3, 0.4) is 0 Å². The largest absolute Gasteiger partial charge is 0.490 e. The molecular formula is C28H33NO2. The molecule has 1 fully saturated rings. The summed E-state index contributed by atoms with van der Waals surface area (Å²) in [6.45, 7) is 6.29. The fraction of sp³-hybridized carbons (Fsp3) is 0.393. The molecule has 0 bridgehead atoms. The van der Waals surface area contributed by atoms with Crippen molar-refractivity contribution in [3.8, 4) is 5.75 Å². The fourth-order valence-corrected chi connectivity index (χ4v) is 4.70. The molecule has 0 spiro atoms.